The highest BCUT2D eigenvalue weighted by Crippen LogP contribution is 2.51. The number of rotatable bonds is 12. The molecule has 140 valence electrons. The molecule has 0 aliphatic heterocycles. The third-order valence-corrected chi connectivity index (χ3v) is 6.31. The normalized spacial score (nSPS) is 16.6. The van der Waals surface area contributed by atoms with Crippen LogP contribution in [-0.4, -0.2) is 18.2 Å². The summed E-state index contributed by atoms with van der Waals surface area (Å²) < 4.78 is 31.6. The van der Waals surface area contributed by atoms with Crippen molar-refractivity contribution in [2.75, 3.05) is 13.3 Å². The van der Waals surface area contributed by atoms with Crippen molar-refractivity contribution in [2.24, 2.45) is 0 Å². The van der Waals surface area contributed by atoms with E-state index in [1.54, 1.807) is 0 Å². The molecule has 2 atom stereocenters. The zero-order chi connectivity index (χ0) is 18.6. The van der Waals surface area contributed by atoms with Crippen molar-refractivity contribution in [1.82, 2.24) is 0 Å². The summed E-state index contributed by atoms with van der Waals surface area (Å²) in [5.41, 5.74) is 3.91. The second kappa shape index (κ2) is 12.9. The van der Waals surface area contributed by atoms with Crippen molar-refractivity contribution in [3.63, 3.8) is 0 Å². The van der Waals surface area contributed by atoms with E-state index in [9.17, 15) is 14.0 Å². The summed E-state index contributed by atoms with van der Waals surface area (Å²) in [4.78, 5) is 9.53. The van der Waals surface area contributed by atoms with E-state index in [1.807, 2.05) is 13.0 Å². The first kappa shape index (κ1) is 23.6. The Morgan fingerprint density at radius 1 is 1.00 bits per heavy atom. The Hall–Kier alpha value is -0.440. The van der Waals surface area contributed by atoms with E-state index in [0.29, 0.717) is 6.42 Å². The van der Waals surface area contributed by atoms with Gasteiger partial charge in [0.15, 0.2) is 0 Å². The largest absolute Gasteiger partial charge is 0.335 e. The average molecular weight is 378 g/mol. The second-order valence-electron chi connectivity index (χ2n) is 6.15. The first-order chi connectivity index (χ1) is 11.2. The van der Waals surface area contributed by atoms with Gasteiger partial charge < -0.3 is 9.42 Å². The van der Waals surface area contributed by atoms with Crippen molar-refractivity contribution < 1.29 is 22.9 Å². The molecular weight excluding hydrogens is 346 g/mol. The SMILES string of the molecule is CO[PH](=O)OP(=O)(O)CCC=C(C)CCC=C(C)CCC=C(C)C. The lowest BCUT2D eigenvalue weighted by atomic mass is 10.1. The monoisotopic (exact) mass is 378 g/mol. The molecule has 2 unspecified atom stereocenters. The van der Waals surface area contributed by atoms with Gasteiger partial charge in [0.25, 0.3) is 0 Å². The molecule has 24 heavy (non-hydrogen) atoms. The van der Waals surface area contributed by atoms with Gasteiger partial charge in [0, 0.05) is 7.11 Å². The molecular formula is C17H32O5P2. The van der Waals surface area contributed by atoms with E-state index in [1.165, 1.54) is 23.8 Å². The third kappa shape index (κ3) is 13.9. The molecule has 0 rings (SSSR count). The molecule has 0 aromatic heterocycles. The van der Waals surface area contributed by atoms with Crippen molar-refractivity contribution >= 4 is 15.9 Å². The summed E-state index contributed by atoms with van der Waals surface area (Å²) in [7, 11) is -5.52. The van der Waals surface area contributed by atoms with Crippen LogP contribution < -0.4 is 0 Å². The Morgan fingerprint density at radius 3 is 2.00 bits per heavy atom. The van der Waals surface area contributed by atoms with Gasteiger partial charge in [0.1, 0.15) is 0 Å². The Kier molecular flexibility index (Phi) is 12.6. The van der Waals surface area contributed by atoms with Crippen LogP contribution in [0.3, 0.4) is 0 Å². The van der Waals surface area contributed by atoms with Crippen molar-refractivity contribution in [1.29, 1.82) is 0 Å². The van der Waals surface area contributed by atoms with E-state index in [-0.39, 0.29) is 6.16 Å². The third-order valence-electron chi connectivity index (χ3n) is 3.41. The van der Waals surface area contributed by atoms with E-state index >= 15 is 0 Å². The molecule has 0 spiro atoms. The van der Waals surface area contributed by atoms with Gasteiger partial charge in [0.2, 0.25) is 0 Å². The Bertz CT molecular complexity index is 531. The highest BCUT2D eigenvalue weighted by Gasteiger charge is 2.21. The summed E-state index contributed by atoms with van der Waals surface area (Å²) in [6, 6.07) is 0. The second-order valence-corrected chi connectivity index (χ2v) is 9.52. The molecule has 0 heterocycles. The van der Waals surface area contributed by atoms with Crippen LogP contribution >= 0.6 is 15.9 Å². The van der Waals surface area contributed by atoms with E-state index in [0.717, 1.165) is 25.7 Å². The molecule has 7 heteroatoms. The summed E-state index contributed by atoms with van der Waals surface area (Å²) >= 11 is 0. The predicted octanol–water partition coefficient (Wildman–Crippen LogP) is 6.03. The molecule has 0 aromatic rings. The Balaban J connectivity index is 4.13. The van der Waals surface area contributed by atoms with E-state index in [4.69, 9.17) is 0 Å². The highest BCUT2D eigenvalue weighted by atomic mass is 31.2. The lowest BCUT2D eigenvalue weighted by molar-refractivity contribution is 0.319. The van der Waals surface area contributed by atoms with Crippen molar-refractivity contribution in [3.8, 4) is 0 Å². The average Bonchev–Trinajstić information content (AvgIpc) is 2.45. The quantitative estimate of drug-likeness (QED) is 0.331. The molecule has 5 nitrogen and oxygen atoms in total. The topological polar surface area (TPSA) is 72.8 Å². The van der Waals surface area contributed by atoms with Crippen LogP contribution in [0.1, 0.15) is 59.8 Å². The van der Waals surface area contributed by atoms with Crippen LogP contribution in [0, 0.1) is 0 Å². The van der Waals surface area contributed by atoms with E-state index in [2.05, 4.69) is 41.8 Å². The fourth-order valence-corrected chi connectivity index (χ4v) is 4.06. The van der Waals surface area contributed by atoms with Gasteiger partial charge in [-0.15, -0.1) is 0 Å². The van der Waals surface area contributed by atoms with Crippen LogP contribution in [0.25, 0.3) is 0 Å². The first-order valence-corrected chi connectivity index (χ1v) is 11.2. The Labute approximate surface area is 147 Å². The van der Waals surface area contributed by atoms with Crippen LogP contribution in [0.5, 0.6) is 0 Å². The lowest BCUT2D eigenvalue weighted by Gasteiger charge is -2.09. The van der Waals surface area contributed by atoms with E-state index < -0.39 is 15.9 Å². The molecule has 0 aliphatic rings. The van der Waals surface area contributed by atoms with Gasteiger partial charge in [-0.2, -0.15) is 0 Å². The molecule has 0 radical (unpaired) electrons. The molecule has 0 fully saturated rings. The van der Waals surface area contributed by atoms with Crippen molar-refractivity contribution in [3.05, 3.63) is 34.9 Å². The van der Waals surface area contributed by atoms with Gasteiger partial charge in [-0.05, 0) is 59.8 Å². The molecule has 1 N–H and O–H groups in total. The Morgan fingerprint density at radius 2 is 1.50 bits per heavy atom. The van der Waals surface area contributed by atoms with Crippen LogP contribution in [0.15, 0.2) is 34.9 Å². The fraction of sp³-hybridized carbons (Fsp3) is 0.647. The predicted molar refractivity (Wildman–Crippen MR) is 102 cm³/mol. The number of hydrogen-bond donors (Lipinski definition) is 1. The first-order valence-electron chi connectivity index (χ1n) is 8.20. The maximum absolute atomic E-state index is 11.7. The molecule has 0 amide bonds. The van der Waals surface area contributed by atoms with Crippen LogP contribution in [0.4, 0.5) is 0 Å². The fourth-order valence-electron chi connectivity index (χ4n) is 2.01. The maximum atomic E-state index is 11.7. The molecule has 0 bridgehead atoms. The minimum Gasteiger partial charge on any atom is -0.324 e. The van der Waals surface area contributed by atoms with Crippen LogP contribution in [-0.2, 0) is 18.0 Å². The number of hydrogen-bond acceptors (Lipinski definition) is 4. The van der Waals surface area contributed by atoms with Crippen molar-refractivity contribution in [2.45, 2.75) is 59.8 Å². The molecule has 0 aromatic carbocycles. The summed E-state index contributed by atoms with van der Waals surface area (Å²) in [6.45, 7) is 8.37. The summed E-state index contributed by atoms with van der Waals surface area (Å²) in [5.74, 6) is 0. The zero-order valence-electron chi connectivity index (χ0n) is 15.5. The maximum Gasteiger partial charge on any atom is 0.335 e. The lowest BCUT2D eigenvalue weighted by Crippen LogP contribution is -1.90. The summed E-state index contributed by atoms with van der Waals surface area (Å²) in [5, 5.41) is 0. The molecule has 0 aliphatic carbocycles. The van der Waals surface area contributed by atoms with Gasteiger partial charge >= 0.3 is 15.9 Å². The van der Waals surface area contributed by atoms with Gasteiger partial charge in [0.05, 0.1) is 6.16 Å². The van der Waals surface area contributed by atoms with Gasteiger partial charge in [-0.25, -0.2) is 4.31 Å². The minimum absolute atomic E-state index is 0.0539. The minimum atomic E-state index is -3.84. The van der Waals surface area contributed by atoms with Gasteiger partial charge in [-0.1, -0.05) is 34.9 Å². The molecule has 0 saturated heterocycles. The number of allylic oxidation sites excluding steroid dienone is 6. The zero-order valence-corrected chi connectivity index (χ0v) is 17.4. The summed E-state index contributed by atoms with van der Waals surface area (Å²) in [6.07, 6.45) is 10.8. The van der Waals surface area contributed by atoms with Crippen LogP contribution in [0.2, 0.25) is 0 Å². The smallest absolute Gasteiger partial charge is 0.324 e. The standard InChI is InChI=1S/C17H32O5P2/c1-15(2)9-6-10-16(3)11-7-12-17(4)13-8-14-24(19,20)22-23(18)21-5/h9,11,13,23H,6-8,10,12,14H2,1-5H3,(H,19,20). The molecule has 0 saturated carbocycles. The highest BCUT2D eigenvalue weighted by molar-refractivity contribution is 7.59. The van der Waals surface area contributed by atoms with Gasteiger partial charge in [-0.3, -0.25) is 9.13 Å².